The second-order valence-electron chi connectivity index (χ2n) is 4.01. The molecule has 0 saturated carbocycles. The maximum Gasteiger partial charge on any atom is 0.341 e. The Hall–Kier alpha value is -3.07. The van der Waals surface area contributed by atoms with Gasteiger partial charge in [-0.2, -0.15) is 5.26 Å². The number of rotatable bonds is 4. The van der Waals surface area contributed by atoms with E-state index < -0.39 is 5.97 Å². The summed E-state index contributed by atoms with van der Waals surface area (Å²) in [6, 6.07) is 10.1. The summed E-state index contributed by atoms with van der Waals surface area (Å²) in [5, 5.41) is 17.6. The molecule has 0 unspecified atom stereocenters. The number of nitrogens with zero attached hydrogens (tertiary/aromatic N) is 2. The first kappa shape index (κ1) is 13.4. The maximum absolute atomic E-state index is 11.1. The molecule has 0 bridgehead atoms. The monoisotopic (exact) mass is 269 g/mol. The van der Waals surface area contributed by atoms with Crippen LogP contribution in [0, 0.1) is 11.3 Å². The predicted octanol–water partition coefficient (Wildman–Crippen LogP) is 2.22. The number of hydrogen-bond donors (Lipinski definition) is 2. The summed E-state index contributed by atoms with van der Waals surface area (Å²) in [6.07, 6.45) is 1.63. The number of benzene rings is 1. The molecule has 1 aromatic carbocycles. The van der Waals surface area contributed by atoms with Gasteiger partial charge in [0.15, 0.2) is 0 Å². The Kier molecular flexibility index (Phi) is 3.82. The molecule has 0 aliphatic rings. The van der Waals surface area contributed by atoms with E-state index in [0.717, 1.165) is 5.56 Å². The van der Waals surface area contributed by atoms with Crippen molar-refractivity contribution in [2.24, 2.45) is 0 Å². The summed E-state index contributed by atoms with van der Waals surface area (Å²) in [4.78, 5) is 15.0. The SMILES string of the molecule is N#CCc1ccc(Oc2ncc(N)cc2C(=O)O)cc1. The first-order chi connectivity index (χ1) is 9.60. The van der Waals surface area contributed by atoms with Crippen LogP contribution >= 0.6 is 0 Å². The van der Waals surface area contributed by atoms with Crippen molar-refractivity contribution in [1.82, 2.24) is 4.98 Å². The lowest BCUT2D eigenvalue weighted by Crippen LogP contribution is -2.03. The van der Waals surface area contributed by atoms with Crippen molar-refractivity contribution in [3.63, 3.8) is 0 Å². The van der Waals surface area contributed by atoms with Crippen LogP contribution in [0.4, 0.5) is 5.69 Å². The van der Waals surface area contributed by atoms with Crippen LogP contribution in [0.2, 0.25) is 0 Å². The second-order valence-corrected chi connectivity index (χ2v) is 4.01. The van der Waals surface area contributed by atoms with E-state index in [1.54, 1.807) is 24.3 Å². The average Bonchev–Trinajstić information content (AvgIpc) is 2.43. The zero-order chi connectivity index (χ0) is 14.5. The highest BCUT2D eigenvalue weighted by atomic mass is 16.5. The molecule has 0 aliphatic carbocycles. The van der Waals surface area contributed by atoms with Gasteiger partial charge in [-0.3, -0.25) is 0 Å². The number of nitrogens with two attached hydrogens (primary N) is 1. The van der Waals surface area contributed by atoms with Crippen molar-refractivity contribution >= 4 is 11.7 Å². The highest BCUT2D eigenvalue weighted by Gasteiger charge is 2.14. The number of pyridine rings is 1. The first-order valence-electron chi connectivity index (χ1n) is 5.72. The van der Waals surface area contributed by atoms with Crippen molar-refractivity contribution in [3.05, 3.63) is 47.7 Å². The van der Waals surface area contributed by atoms with Crippen LogP contribution in [0.25, 0.3) is 0 Å². The first-order valence-corrected chi connectivity index (χ1v) is 5.72. The van der Waals surface area contributed by atoms with E-state index in [9.17, 15) is 4.79 Å². The molecule has 6 heteroatoms. The fraction of sp³-hybridized carbons (Fsp3) is 0.0714. The molecule has 2 aromatic rings. The minimum absolute atomic E-state index is 0.0280. The van der Waals surface area contributed by atoms with Gasteiger partial charge in [-0.15, -0.1) is 0 Å². The molecule has 0 amide bonds. The van der Waals surface area contributed by atoms with Gasteiger partial charge >= 0.3 is 5.97 Å². The summed E-state index contributed by atoms with van der Waals surface area (Å²) in [5.74, 6) is -0.757. The second kappa shape index (κ2) is 5.71. The van der Waals surface area contributed by atoms with Crippen molar-refractivity contribution < 1.29 is 14.6 Å². The van der Waals surface area contributed by atoms with Gasteiger partial charge in [0.2, 0.25) is 5.88 Å². The molecule has 20 heavy (non-hydrogen) atoms. The third-order valence-corrected chi connectivity index (χ3v) is 2.52. The molecule has 3 N–H and O–H groups in total. The van der Waals surface area contributed by atoms with Crippen molar-refractivity contribution in [3.8, 4) is 17.7 Å². The topological polar surface area (TPSA) is 109 Å². The Morgan fingerprint density at radius 1 is 1.40 bits per heavy atom. The summed E-state index contributed by atoms with van der Waals surface area (Å²) >= 11 is 0. The summed E-state index contributed by atoms with van der Waals surface area (Å²) in [5.41, 5.74) is 6.49. The molecule has 0 saturated heterocycles. The smallest absolute Gasteiger partial charge is 0.341 e. The summed E-state index contributed by atoms with van der Waals surface area (Å²) in [7, 11) is 0. The van der Waals surface area contributed by atoms with E-state index in [1.165, 1.54) is 12.3 Å². The third kappa shape index (κ3) is 3.03. The van der Waals surface area contributed by atoms with E-state index in [1.807, 2.05) is 6.07 Å². The van der Waals surface area contributed by atoms with Crippen LogP contribution in [0.5, 0.6) is 11.6 Å². The van der Waals surface area contributed by atoms with E-state index in [4.69, 9.17) is 20.8 Å². The van der Waals surface area contributed by atoms with E-state index in [0.29, 0.717) is 12.2 Å². The van der Waals surface area contributed by atoms with Crippen molar-refractivity contribution in [2.75, 3.05) is 5.73 Å². The van der Waals surface area contributed by atoms with Crippen LogP contribution in [-0.4, -0.2) is 16.1 Å². The van der Waals surface area contributed by atoms with Gasteiger partial charge in [0.25, 0.3) is 0 Å². The Morgan fingerprint density at radius 2 is 2.10 bits per heavy atom. The number of carboxylic acids is 1. The number of anilines is 1. The fourth-order valence-corrected chi connectivity index (χ4v) is 1.58. The molecule has 0 radical (unpaired) electrons. The fourth-order valence-electron chi connectivity index (χ4n) is 1.58. The molecule has 100 valence electrons. The number of aromatic carboxylic acids is 1. The van der Waals surface area contributed by atoms with Crippen LogP contribution in [0.15, 0.2) is 36.5 Å². The van der Waals surface area contributed by atoms with Gasteiger partial charge in [0.05, 0.1) is 24.4 Å². The van der Waals surface area contributed by atoms with Crippen LogP contribution in [0.1, 0.15) is 15.9 Å². The molecule has 0 fully saturated rings. The average molecular weight is 269 g/mol. The van der Waals surface area contributed by atoms with Gasteiger partial charge in [0, 0.05) is 0 Å². The minimum atomic E-state index is -1.17. The standard InChI is InChI=1S/C14H11N3O3/c15-6-5-9-1-3-11(4-2-9)20-13-12(14(18)19)7-10(16)8-17-13/h1-4,7-8H,5,16H2,(H,18,19). The number of ether oxygens (including phenoxy) is 1. The van der Waals surface area contributed by atoms with Gasteiger partial charge < -0.3 is 15.6 Å². The zero-order valence-electron chi connectivity index (χ0n) is 10.4. The lowest BCUT2D eigenvalue weighted by atomic mass is 10.2. The van der Waals surface area contributed by atoms with Gasteiger partial charge in [-0.1, -0.05) is 12.1 Å². The lowest BCUT2D eigenvalue weighted by Gasteiger charge is -2.08. The van der Waals surface area contributed by atoms with Crippen LogP contribution < -0.4 is 10.5 Å². The van der Waals surface area contributed by atoms with Crippen LogP contribution in [0.3, 0.4) is 0 Å². The highest BCUT2D eigenvalue weighted by Crippen LogP contribution is 2.24. The molecule has 0 atom stereocenters. The number of nitriles is 1. The van der Waals surface area contributed by atoms with Crippen LogP contribution in [-0.2, 0) is 6.42 Å². The Labute approximate surface area is 115 Å². The molecule has 1 heterocycles. The van der Waals surface area contributed by atoms with Gasteiger partial charge in [-0.25, -0.2) is 9.78 Å². The Bertz CT molecular complexity index is 675. The van der Waals surface area contributed by atoms with Crippen molar-refractivity contribution in [1.29, 1.82) is 5.26 Å². The zero-order valence-corrected chi connectivity index (χ0v) is 10.4. The number of nitrogen functional groups attached to an aromatic ring is 1. The quantitative estimate of drug-likeness (QED) is 0.880. The molecular formula is C14H11N3O3. The molecule has 0 aliphatic heterocycles. The molecular weight excluding hydrogens is 258 g/mol. The summed E-state index contributed by atoms with van der Waals surface area (Å²) in [6.45, 7) is 0. The van der Waals surface area contributed by atoms with Gasteiger partial charge in [0.1, 0.15) is 11.3 Å². The maximum atomic E-state index is 11.1. The van der Waals surface area contributed by atoms with E-state index in [2.05, 4.69) is 4.98 Å². The Morgan fingerprint density at radius 3 is 2.70 bits per heavy atom. The van der Waals surface area contributed by atoms with Gasteiger partial charge in [-0.05, 0) is 23.8 Å². The minimum Gasteiger partial charge on any atom is -0.477 e. The number of carboxylic acid groups (broad SMARTS) is 1. The van der Waals surface area contributed by atoms with E-state index in [-0.39, 0.29) is 17.1 Å². The molecule has 1 aromatic heterocycles. The Balaban J connectivity index is 2.26. The molecule has 6 nitrogen and oxygen atoms in total. The number of hydrogen-bond acceptors (Lipinski definition) is 5. The number of aromatic nitrogens is 1. The lowest BCUT2D eigenvalue weighted by molar-refractivity contribution is 0.0693. The van der Waals surface area contributed by atoms with Crippen molar-refractivity contribution in [2.45, 2.75) is 6.42 Å². The number of carbonyl (C=O) groups is 1. The largest absolute Gasteiger partial charge is 0.477 e. The third-order valence-electron chi connectivity index (χ3n) is 2.52. The van der Waals surface area contributed by atoms with E-state index >= 15 is 0 Å². The predicted molar refractivity (Wildman–Crippen MR) is 71.4 cm³/mol. The summed E-state index contributed by atoms with van der Waals surface area (Å²) < 4.78 is 5.43. The molecule has 0 spiro atoms. The molecule has 2 rings (SSSR count). The highest BCUT2D eigenvalue weighted by molar-refractivity contribution is 5.91. The normalized spacial score (nSPS) is 9.75.